The van der Waals surface area contributed by atoms with Gasteiger partial charge in [-0.05, 0) is 41.1 Å². The molecule has 1 aromatic heterocycles. The lowest BCUT2D eigenvalue weighted by molar-refractivity contribution is 0.412. The van der Waals surface area contributed by atoms with Crippen molar-refractivity contribution in [2.75, 3.05) is 7.11 Å². The Morgan fingerprint density at radius 3 is 2.73 bits per heavy atom. The fourth-order valence-electron chi connectivity index (χ4n) is 1.40. The molecule has 0 saturated heterocycles. The van der Waals surface area contributed by atoms with Crippen molar-refractivity contribution in [3.05, 3.63) is 34.8 Å². The molecule has 0 aliphatic heterocycles. The van der Waals surface area contributed by atoms with Crippen molar-refractivity contribution in [1.82, 2.24) is 4.98 Å². The maximum Gasteiger partial charge on any atom is 0.181 e. The van der Waals surface area contributed by atoms with Gasteiger partial charge in [0.2, 0.25) is 0 Å². The molecule has 0 aliphatic rings. The first kappa shape index (κ1) is 10.2. The number of hydrogen-bond donors (Lipinski definition) is 0. The Hall–Kier alpha value is -1.29. The molecule has 3 nitrogen and oxygen atoms in total. The molecule has 4 heteroatoms. The van der Waals surface area contributed by atoms with Gasteiger partial charge in [-0.15, -0.1) is 0 Å². The van der Waals surface area contributed by atoms with E-state index >= 15 is 0 Å². The van der Waals surface area contributed by atoms with E-state index in [9.17, 15) is 0 Å². The standard InChI is InChI=1S/C11H10BrNO2/c1-7-11(13-6-15-7)8-3-4-10(14-2)9(12)5-8/h3-6H,1-2H3. The second kappa shape index (κ2) is 4.06. The smallest absolute Gasteiger partial charge is 0.181 e. The Bertz CT molecular complexity index is 479. The second-order valence-electron chi connectivity index (χ2n) is 3.11. The summed E-state index contributed by atoms with van der Waals surface area (Å²) in [4.78, 5) is 4.15. The molecule has 0 fully saturated rings. The number of nitrogens with zero attached hydrogens (tertiary/aromatic N) is 1. The Balaban J connectivity index is 2.47. The van der Waals surface area contributed by atoms with Gasteiger partial charge in [0.15, 0.2) is 6.39 Å². The highest BCUT2D eigenvalue weighted by atomic mass is 79.9. The Morgan fingerprint density at radius 2 is 2.20 bits per heavy atom. The highest BCUT2D eigenvalue weighted by Crippen LogP contribution is 2.30. The molecule has 1 heterocycles. The lowest BCUT2D eigenvalue weighted by Gasteiger charge is -2.04. The highest BCUT2D eigenvalue weighted by molar-refractivity contribution is 9.10. The van der Waals surface area contributed by atoms with E-state index in [0.717, 1.165) is 27.2 Å². The van der Waals surface area contributed by atoms with E-state index in [2.05, 4.69) is 20.9 Å². The van der Waals surface area contributed by atoms with Gasteiger partial charge in [-0.3, -0.25) is 0 Å². The molecule has 2 aromatic rings. The van der Waals surface area contributed by atoms with Crippen LogP contribution in [0.3, 0.4) is 0 Å². The van der Waals surface area contributed by atoms with E-state index in [-0.39, 0.29) is 0 Å². The number of ether oxygens (including phenoxy) is 1. The summed E-state index contributed by atoms with van der Waals surface area (Å²) in [6.45, 7) is 1.89. The van der Waals surface area contributed by atoms with Gasteiger partial charge in [0.25, 0.3) is 0 Å². The van der Waals surface area contributed by atoms with Crippen LogP contribution in [0.4, 0.5) is 0 Å². The zero-order valence-electron chi connectivity index (χ0n) is 8.45. The van der Waals surface area contributed by atoms with Gasteiger partial charge in [0.05, 0.1) is 11.6 Å². The van der Waals surface area contributed by atoms with Crippen LogP contribution in [-0.2, 0) is 0 Å². The fraction of sp³-hybridized carbons (Fsp3) is 0.182. The molecule has 0 aliphatic carbocycles. The lowest BCUT2D eigenvalue weighted by atomic mass is 10.1. The lowest BCUT2D eigenvalue weighted by Crippen LogP contribution is -1.86. The van der Waals surface area contributed by atoms with Gasteiger partial charge in [0, 0.05) is 5.56 Å². The summed E-state index contributed by atoms with van der Waals surface area (Å²) in [5, 5.41) is 0. The van der Waals surface area contributed by atoms with E-state index < -0.39 is 0 Å². The van der Waals surface area contributed by atoms with Gasteiger partial charge in [-0.1, -0.05) is 0 Å². The number of oxazole rings is 1. The third-order valence-electron chi connectivity index (χ3n) is 2.17. The first-order valence-electron chi connectivity index (χ1n) is 4.46. The minimum absolute atomic E-state index is 0.805. The van der Waals surface area contributed by atoms with E-state index in [1.165, 1.54) is 6.39 Å². The molecule has 0 radical (unpaired) electrons. The summed E-state index contributed by atoms with van der Waals surface area (Å²) in [5.74, 6) is 1.62. The van der Waals surface area contributed by atoms with Crippen LogP contribution in [0, 0.1) is 6.92 Å². The SMILES string of the molecule is COc1ccc(-c2ncoc2C)cc1Br. The van der Waals surface area contributed by atoms with Gasteiger partial charge < -0.3 is 9.15 Å². The topological polar surface area (TPSA) is 35.3 Å². The van der Waals surface area contributed by atoms with Crippen molar-refractivity contribution in [3.63, 3.8) is 0 Å². The predicted octanol–water partition coefficient (Wildman–Crippen LogP) is 3.42. The Kier molecular flexibility index (Phi) is 2.77. The van der Waals surface area contributed by atoms with E-state index in [4.69, 9.17) is 9.15 Å². The van der Waals surface area contributed by atoms with E-state index in [1.54, 1.807) is 7.11 Å². The van der Waals surface area contributed by atoms with Gasteiger partial charge in [0.1, 0.15) is 17.2 Å². The molecule has 0 unspecified atom stereocenters. The normalized spacial score (nSPS) is 10.3. The quantitative estimate of drug-likeness (QED) is 0.837. The first-order valence-corrected chi connectivity index (χ1v) is 5.25. The molecular weight excluding hydrogens is 258 g/mol. The molecule has 15 heavy (non-hydrogen) atoms. The van der Waals surface area contributed by atoms with Gasteiger partial charge in [-0.25, -0.2) is 4.98 Å². The Morgan fingerprint density at radius 1 is 1.40 bits per heavy atom. The van der Waals surface area contributed by atoms with Crippen LogP contribution in [0.15, 0.2) is 33.5 Å². The summed E-state index contributed by atoms with van der Waals surface area (Å²) < 4.78 is 11.2. The van der Waals surface area contributed by atoms with E-state index in [1.807, 2.05) is 25.1 Å². The van der Waals surface area contributed by atoms with Crippen LogP contribution < -0.4 is 4.74 Å². The summed E-state index contributed by atoms with van der Waals surface area (Å²) in [6, 6.07) is 5.81. The highest BCUT2D eigenvalue weighted by Gasteiger charge is 2.08. The molecule has 0 bridgehead atoms. The molecule has 0 spiro atoms. The van der Waals surface area contributed by atoms with Crippen molar-refractivity contribution in [2.24, 2.45) is 0 Å². The maximum atomic E-state index is 5.16. The van der Waals surface area contributed by atoms with E-state index in [0.29, 0.717) is 0 Å². The van der Waals surface area contributed by atoms with Crippen LogP contribution in [0.2, 0.25) is 0 Å². The fourth-order valence-corrected chi connectivity index (χ4v) is 1.94. The van der Waals surface area contributed by atoms with Crippen molar-refractivity contribution in [2.45, 2.75) is 6.92 Å². The molecule has 0 N–H and O–H groups in total. The van der Waals surface area contributed by atoms with Crippen molar-refractivity contribution < 1.29 is 9.15 Å². The molecule has 2 rings (SSSR count). The summed E-state index contributed by atoms with van der Waals surface area (Å²) >= 11 is 3.43. The van der Waals surface area contributed by atoms with Crippen LogP contribution >= 0.6 is 15.9 Å². The zero-order valence-corrected chi connectivity index (χ0v) is 10.0. The van der Waals surface area contributed by atoms with Crippen molar-refractivity contribution in [1.29, 1.82) is 0 Å². The summed E-state index contributed by atoms with van der Waals surface area (Å²) in [5.41, 5.74) is 1.87. The minimum atomic E-state index is 0.805. The molecule has 1 aromatic carbocycles. The van der Waals surface area contributed by atoms with Crippen molar-refractivity contribution in [3.8, 4) is 17.0 Å². The average molecular weight is 268 g/mol. The molecule has 0 saturated carbocycles. The monoisotopic (exact) mass is 267 g/mol. The second-order valence-corrected chi connectivity index (χ2v) is 3.96. The van der Waals surface area contributed by atoms with Crippen molar-refractivity contribution >= 4 is 15.9 Å². The molecule has 78 valence electrons. The third-order valence-corrected chi connectivity index (χ3v) is 2.79. The Labute approximate surface area is 96.2 Å². The van der Waals surface area contributed by atoms with Crippen LogP contribution in [0.25, 0.3) is 11.3 Å². The number of methoxy groups -OCH3 is 1. The van der Waals surface area contributed by atoms with Crippen LogP contribution in [0.5, 0.6) is 5.75 Å². The number of halogens is 1. The minimum Gasteiger partial charge on any atom is -0.496 e. The summed E-state index contributed by atoms with van der Waals surface area (Å²) in [6.07, 6.45) is 1.45. The third kappa shape index (κ3) is 1.90. The number of aromatic nitrogens is 1. The zero-order chi connectivity index (χ0) is 10.8. The van der Waals surface area contributed by atoms with Crippen LogP contribution in [0.1, 0.15) is 5.76 Å². The largest absolute Gasteiger partial charge is 0.496 e. The predicted molar refractivity (Wildman–Crippen MR) is 60.9 cm³/mol. The molecule has 0 amide bonds. The number of rotatable bonds is 2. The maximum absolute atomic E-state index is 5.16. The molecule has 0 atom stereocenters. The van der Waals surface area contributed by atoms with Crippen LogP contribution in [-0.4, -0.2) is 12.1 Å². The first-order chi connectivity index (χ1) is 7.22. The van der Waals surface area contributed by atoms with Gasteiger partial charge >= 0.3 is 0 Å². The van der Waals surface area contributed by atoms with Gasteiger partial charge in [-0.2, -0.15) is 0 Å². The average Bonchev–Trinajstić information content (AvgIpc) is 2.64. The number of aryl methyl sites for hydroxylation is 1. The number of hydrogen-bond acceptors (Lipinski definition) is 3. The summed E-state index contributed by atoms with van der Waals surface area (Å²) in [7, 11) is 1.64. The molecular formula is C11H10BrNO2. The number of benzene rings is 1.